The van der Waals surface area contributed by atoms with Crippen molar-refractivity contribution in [3.8, 4) is 0 Å². The third kappa shape index (κ3) is 3.70. The second-order valence-electron chi connectivity index (χ2n) is 6.78. The number of ether oxygens (including phenoxy) is 2. The molecule has 2 N–H and O–H groups in total. The predicted molar refractivity (Wildman–Crippen MR) is 93.0 cm³/mol. The van der Waals surface area contributed by atoms with Crippen LogP contribution in [-0.2, 0) is 44.7 Å². The molecule has 2 aliphatic carbocycles. The van der Waals surface area contributed by atoms with Gasteiger partial charge in [0.15, 0.2) is 6.10 Å². The van der Waals surface area contributed by atoms with Gasteiger partial charge >= 0.3 is 5.97 Å². The van der Waals surface area contributed by atoms with E-state index in [1.807, 2.05) is 0 Å². The van der Waals surface area contributed by atoms with Gasteiger partial charge in [0.1, 0.15) is 6.10 Å². The zero-order valence-corrected chi connectivity index (χ0v) is 14.8. The molecule has 2 atom stereocenters. The van der Waals surface area contributed by atoms with E-state index >= 15 is 0 Å². The van der Waals surface area contributed by atoms with Crippen molar-refractivity contribution in [3.63, 3.8) is 0 Å². The lowest BCUT2D eigenvalue weighted by molar-refractivity contribution is -0.160. The number of carbonyl (C=O) groups excluding carboxylic acids is 1. The van der Waals surface area contributed by atoms with E-state index in [9.17, 15) is 9.59 Å². The van der Waals surface area contributed by atoms with Crippen molar-refractivity contribution in [1.29, 1.82) is 0 Å². The molecule has 0 heterocycles. The van der Waals surface area contributed by atoms with E-state index in [0.29, 0.717) is 0 Å². The molecule has 6 heteroatoms. The summed E-state index contributed by atoms with van der Waals surface area (Å²) >= 11 is 0. The molecule has 1 aromatic carbocycles. The predicted octanol–water partition coefficient (Wildman–Crippen LogP) is 2.11. The molecule has 6 nitrogen and oxygen atoms in total. The molecule has 0 aliphatic heterocycles. The van der Waals surface area contributed by atoms with E-state index < -0.39 is 18.2 Å². The summed E-state index contributed by atoms with van der Waals surface area (Å²) in [5.74, 6) is -1.44. The highest BCUT2D eigenvalue weighted by Crippen LogP contribution is 2.38. The monoisotopic (exact) mass is 347 g/mol. The molecule has 2 aliphatic rings. The van der Waals surface area contributed by atoms with Crippen molar-refractivity contribution in [2.24, 2.45) is 0 Å². The van der Waals surface area contributed by atoms with Crippen molar-refractivity contribution >= 4 is 17.6 Å². The van der Waals surface area contributed by atoms with Gasteiger partial charge in [-0.3, -0.25) is 4.79 Å². The van der Waals surface area contributed by atoms with Gasteiger partial charge in [0.2, 0.25) is 0 Å². The molecule has 0 aromatic heterocycles. The molecular weight excluding hydrogens is 322 g/mol. The summed E-state index contributed by atoms with van der Waals surface area (Å²) in [4.78, 5) is 23.8. The number of aliphatic carboxylic acids is 1. The standard InChI is InChI=1S/C19H25NO5/c1-11(25-16(10-24-2)19(22)23)18(21)20-17-14-7-3-5-12(14)9-13-6-4-8-15(13)17/h9,11,16H,3-8,10H2,1-2H3,(H,20,21)(H,22,23). The Hall–Kier alpha value is -1.92. The molecule has 3 rings (SSSR count). The molecule has 0 saturated heterocycles. The number of nitrogens with one attached hydrogen (secondary N) is 1. The summed E-state index contributed by atoms with van der Waals surface area (Å²) < 4.78 is 10.2. The molecule has 0 radical (unpaired) electrons. The first kappa shape index (κ1) is 17.9. The van der Waals surface area contributed by atoms with Gasteiger partial charge in [-0.2, -0.15) is 0 Å². The van der Waals surface area contributed by atoms with Gasteiger partial charge in [-0.25, -0.2) is 4.79 Å². The number of amides is 1. The summed E-state index contributed by atoms with van der Waals surface area (Å²) in [5.41, 5.74) is 6.11. The Morgan fingerprint density at radius 2 is 1.76 bits per heavy atom. The summed E-state index contributed by atoms with van der Waals surface area (Å²) in [6.07, 6.45) is 4.29. The van der Waals surface area contributed by atoms with E-state index in [1.165, 1.54) is 29.4 Å². The Kier molecular flexibility index (Phi) is 5.39. The minimum Gasteiger partial charge on any atom is -0.479 e. The number of anilines is 1. The van der Waals surface area contributed by atoms with Gasteiger partial charge < -0.3 is 19.9 Å². The fourth-order valence-electron chi connectivity index (χ4n) is 3.82. The van der Waals surface area contributed by atoms with Gasteiger partial charge in [0.05, 0.1) is 6.61 Å². The van der Waals surface area contributed by atoms with Crippen LogP contribution in [-0.4, -0.2) is 42.9 Å². The van der Waals surface area contributed by atoms with Crippen molar-refractivity contribution in [1.82, 2.24) is 0 Å². The zero-order chi connectivity index (χ0) is 18.0. The maximum Gasteiger partial charge on any atom is 0.335 e. The quantitative estimate of drug-likeness (QED) is 0.789. The van der Waals surface area contributed by atoms with Crippen LogP contribution in [0.4, 0.5) is 5.69 Å². The molecule has 0 bridgehead atoms. The van der Waals surface area contributed by atoms with Crippen LogP contribution in [0.3, 0.4) is 0 Å². The molecule has 136 valence electrons. The average molecular weight is 347 g/mol. The highest BCUT2D eigenvalue weighted by Gasteiger charge is 2.28. The zero-order valence-electron chi connectivity index (χ0n) is 14.8. The number of carboxylic acid groups (broad SMARTS) is 1. The number of rotatable bonds is 7. The Bertz CT molecular complexity index is 653. The molecule has 0 fully saturated rings. The van der Waals surface area contributed by atoms with Crippen molar-refractivity contribution in [3.05, 3.63) is 28.3 Å². The molecule has 1 amide bonds. The van der Waals surface area contributed by atoms with Crippen molar-refractivity contribution in [2.45, 2.75) is 57.7 Å². The number of methoxy groups -OCH3 is 1. The van der Waals surface area contributed by atoms with Gasteiger partial charge in [0, 0.05) is 12.8 Å². The third-order valence-corrected chi connectivity index (χ3v) is 5.05. The fraction of sp³-hybridized carbons (Fsp3) is 0.579. The first-order valence-electron chi connectivity index (χ1n) is 8.85. The van der Waals surface area contributed by atoms with Crippen molar-refractivity contribution < 1.29 is 24.2 Å². The smallest absolute Gasteiger partial charge is 0.335 e. The highest BCUT2D eigenvalue weighted by molar-refractivity contribution is 5.96. The number of fused-ring (bicyclic) bond motifs is 2. The Balaban J connectivity index is 1.76. The number of aryl methyl sites for hydroxylation is 2. The highest BCUT2D eigenvalue weighted by atomic mass is 16.6. The molecule has 25 heavy (non-hydrogen) atoms. The number of carboxylic acids is 1. The SMILES string of the molecule is COCC(OC(C)C(=O)Nc1c2c(cc3c1CCC3)CCC2)C(=O)O. The van der Waals surface area contributed by atoms with E-state index in [1.54, 1.807) is 6.92 Å². The summed E-state index contributed by atoms with van der Waals surface area (Å²) in [7, 11) is 1.40. The minimum atomic E-state index is -1.15. The van der Waals surface area contributed by atoms with E-state index in [2.05, 4.69) is 11.4 Å². The topological polar surface area (TPSA) is 84.9 Å². The second kappa shape index (κ2) is 7.54. The van der Waals surface area contributed by atoms with Gasteiger partial charge in [-0.15, -0.1) is 0 Å². The Morgan fingerprint density at radius 1 is 1.16 bits per heavy atom. The van der Waals surface area contributed by atoms with E-state index in [-0.39, 0.29) is 12.5 Å². The maximum absolute atomic E-state index is 12.6. The number of carbonyl (C=O) groups is 2. The summed E-state index contributed by atoms with van der Waals surface area (Å²) in [5, 5.41) is 12.2. The van der Waals surface area contributed by atoms with Gasteiger partial charge in [0.25, 0.3) is 5.91 Å². The normalized spacial score (nSPS) is 17.7. The van der Waals surface area contributed by atoms with Crippen LogP contribution in [0, 0.1) is 0 Å². The van der Waals surface area contributed by atoms with Crippen LogP contribution in [0.5, 0.6) is 0 Å². The number of hydrogen-bond donors (Lipinski definition) is 2. The molecule has 1 aromatic rings. The van der Waals surface area contributed by atoms with Gasteiger partial charge in [-0.1, -0.05) is 6.07 Å². The average Bonchev–Trinajstić information content (AvgIpc) is 3.22. The maximum atomic E-state index is 12.6. The van der Waals surface area contributed by atoms with Crippen LogP contribution in [0.1, 0.15) is 42.0 Å². The van der Waals surface area contributed by atoms with Crippen LogP contribution < -0.4 is 5.32 Å². The second-order valence-corrected chi connectivity index (χ2v) is 6.78. The largest absolute Gasteiger partial charge is 0.479 e. The summed E-state index contributed by atoms with van der Waals surface area (Å²) in [6.45, 7) is 1.48. The Morgan fingerprint density at radius 3 is 2.28 bits per heavy atom. The van der Waals surface area contributed by atoms with E-state index in [0.717, 1.165) is 44.2 Å². The first-order valence-corrected chi connectivity index (χ1v) is 8.85. The third-order valence-electron chi connectivity index (χ3n) is 5.05. The van der Waals surface area contributed by atoms with Gasteiger partial charge in [-0.05, 0) is 67.7 Å². The van der Waals surface area contributed by atoms with Crippen molar-refractivity contribution in [2.75, 3.05) is 19.0 Å². The Labute approximate surface area is 147 Å². The van der Waals surface area contributed by atoms with Crippen LogP contribution >= 0.6 is 0 Å². The molecular formula is C19H25NO5. The first-order chi connectivity index (χ1) is 12.0. The van der Waals surface area contributed by atoms with Crippen LogP contribution in [0.25, 0.3) is 0 Å². The summed E-state index contributed by atoms with van der Waals surface area (Å²) in [6, 6.07) is 2.30. The van der Waals surface area contributed by atoms with Crippen LogP contribution in [0.15, 0.2) is 6.07 Å². The minimum absolute atomic E-state index is 0.0942. The number of benzene rings is 1. The lowest BCUT2D eigenvalue weighted by atomic mass is 9.98. The lowest BCUT2D eigenvalue weighted by Crippen LogP contribution is -2.37. The molecule has 2 unspecified atom stereocenters. The molecule has 0 saturated carbocycles. The number of hydrogen-bond acceptors (Lipinski definition) is 4. The van der Waals surface area contributed by atoms with E-state index in [4.69, 9.17) is 14.6 Å². The lowest BCUT2D eigenvalue weighted by Gasteiger charge is -2.21. The molecule has 0 spiro atoms. The van der Waals surface area contributed by atoms with Crippen LogP contribution in [0.2, 0.25) is 0 Å². The fourth-order valence-corrected chi connectivity index (χ4v) is 3.82.